The van der Waals surface area contributed by atoms with Crippen molar-refractivity contribution in [1.29, 1.82) is 0 Å². The van der Waals surface area contributed by atoms with Crippen molar-refractivity contribution in [1.82, 2.24) is 20.6 Å². The second-order valence-electron chi connectivity index (χ2n) is 8.76. The Morgan fingerprint density at radius 3 is 2.86 bits per heavy atom. The van der Waals surface area contributed by atoms with E-state index in [2.05, 4.69) is 32.4 Å². The fourth-order valence-electron chi connectivity index (χ4n) is 4.36. The maximum Gasteiger partial charge on any atom is 0.270 e. The summed E-state index contributed by atoms with van der Waals surface area (Å²) in [6.45, 7) is 3.64. The summed E-state index contributed by atoms with van der Waals surface area (Å²) in [6, 6.07) is 15.9. The van der Waals surface area contributed by atoms with Gasteiger partial charge in [0.05, 0.1) is 6.04 Å². The normalized spacial score (nSPS) is 16.0. The predicted octanol–water partition coefficient (Wildman–Crippen LogP) is 4.20. The number of amides is 1. The summed E-state index contributed by atoms with van der Waals surface area (Å²) in [6.07, 6.45) is 1.01. The van der Waals surface area contributed by atoms with E-state index in [9.17, 15) is 14.3 Å². The molecule has 0 spiro atoms. The van der Waals surface area contributed by atoms with Crippen LogP contribution in [0.2, 0.25) is 0 Å². The number of aromatic nitrogens is 2. The Kier molecular flexibility index (Phi) is 6.21. The van der Waals surface area contributed by atoms with Gasteiger partial charge in [0.15, 0.2) is 0 Å². The molecule has 176 valence electrons. The van der Waals surface area contributed by atoms with Crippen LogP contribution >= 0.6 is 0 Å². The zero-order valence-electron chi connectivity index (χ0n) is 19.2. The first kappa shape index (κ1) is 22.6. The van der Waals surface area contributed by atoms with Crippen LogP contribution in [0.1, 0.15) is 45.5 Å². The van der Waals surface area contributed by atoms with E-state index < -0.39 is 17.8 Å². The molecule has 0 bridgehead atoms. The molecule has 0 aliphatic carbocycles. The lowest BCUT2D eigenvalue weighted by molar-refractivity contribution is 0.0936. The second kappa shape index (κ2) is 9.61. The summed E-state index contributed by atoms with van der Waals surface area (Å²) >= 11 is 0. The van der Waals surface area contributed by atoms with Crippen molar-refractivity contribution in [2.24, 2.45) is 5.92 Å². The lowest BCUT2D eigenvalue weighted by Gasteiger charge is -2.19. The molecule has 1 fully saturated rings. The van der Waals surface area contributed by atoms with Crippen molar-refractivity contribution in [2.45, 2.75) is 19.4 Å². The van der Waals surface area contributed by atoms with Crippen LogP contribution in [0.25, 0.3) is 10.9 Å². The highest BCUT2D eigenvalue weighted by atomic mass is 19.1. The number of hydrogen-bond acceptors (Lipinski definition) is 4. The molecule has 5 rings (SSSR count). The number of aryl methyl sites for hydroxylation is 1. The van der Waals surface area contributed by atoms with Crippen LogP contribution in [0.3, 0.4) is 0 Å². The molecule has 0 radical (unpaired) electrons. The summed E-state index contributed by atoms with van der Waals surface area (Å²) in [4.78, 5) is 21.0. The quantitative estimate of drug-likeness (QED) is 0.338. The Hall–Kier alpha value is -4.15. The molecule has 1 saturated heterocycles. The van der Waals surface area contributed by atoms with E-state index in [0.29, 0.717) is 22.9 Å². The SMILES string of the molecule is Cc1cc(C#CC2CCNC2)cc(C(=O)NC(c2cc3ccccc3[nH]2)c2cc(F)ccc2O)n1. The lowest BCUT2D eigenvalue weighted by Crippen LogP contribution is -2.30. The summed E-state index contributed by atoms with van der Waals surface area (Å²) in [7, 11) is 0. The number of pyridine rings is 1. The van der Waals surface area contributed by atoms with E-state index in [-0.39, 0.29) is 17.0 Å². The van der Waals surface area contributed by atoms with Gasteiger partial charge in [0.2, 0.25) is 0 Å². The summed E-state index contributed by atoms with van der Waals surface area (Å²) in [5, 5.41) is 17.7. The average molecular weight is 469 g/mol. The van der Waals surface area contributed by atoms with Gasteiger partial charge in [0, 0.05) is 40.5 Å². The van der Waals surface area contributed by atoms with Crippen LogP contribution in [0.5, 0.6) is 5.75 Å². The van der Waals surface area contributed by atoms with Gasteiger partial charge in [-0.2, -0.15) is 0 Å². The number of nitrogens with zero attached hydrogens (tertiary/aromatic N) is 1. The zero-order chi connectivity index (χ0) is 24.4. The van der Waals surface area contributed by atoms with Crippen molar-refractivity contribution < 1.29 is 14.3 Å². The Morgan fingerprint density at radius 1 is 1.20 bits per heavy atom. The number of nitrogens with one attached hydrogen (secondary N) is 3. The fourth-order valence-corrected chi connectivity index (χ4v) is 4.36. The minimum atomic E-state index is -0.827. The van der Waals surface area contributed by atoms with E-state index in [1.54, 1.807) is 6.07 Å². The van der Waals surface area contributed by atoms with Gasteiger partial charge in [-0.25, -0.2) is 9.37 Å². The van der Waals surface area contributed by atoms with Crippen LogP contribution in [0.4, 0.5) is 4.39 Å². The first-order valence-electron chi connectivity index (χ1n) is 11.5. The molecule has 2 aromatic carbocycles. The topological polar surface area (TPSA) is 90.0 Å². The van der Waals surface area contributed by atoms with E-state index >= 15 is 0 Å². The average Bonchev–Trinajstić information content (AvgIpc) is 3.52. The van der Waals surface area contributed by atoms with E-state index in [1.807, 2.05) is 43.3 Å². The van der Waals surface area contributed by atoms with Gasteiger partial charge in [0.25, 0.3) is 5.91 Å². The Labute approximate surface area is 202 Å². The Bertz CT molecular complexity index is 1430. The molecule has 3 heterocycles. The van der Waals surface area contributed by atoms with Gasteiger partial charge < -0.3 is 20.7 Å². The maximum atomic E-state index is 14.1. The molecular weight excluding hydrogens is 443 g/mol. The smallest absolute Gasteiger partial charge is 0.270 e. The molecule has 2 unspecified atom stereocenters. The van der Waals surface area contributed by atoms with Crippen molar-refractivity contribution in [3.8, 4) is 17.6 Å². The van der Waals surface area contributed by atoms with Crippen molar-refractivity contribution in [3.05, 3.63) is 94.7 Å². The molecule has 35 heavy (non-hydrogen) atoms. The number of aromatic amines is 1. The largest absolute Gasteiger partial charge is 0.508 e. The lowest BCUT2D eigenvalue weighted by atomic mass is 10.0. The summed E-state index contributed by atoms with van der Waals surface area (Å²) in [5.41, 5.74) is 3.31. The number of aromatic hydroxyl groups is 1. The van der Waals surface area contributed by atoms with Gasteiger partial charge in [-0.05, 0) is 67.7 Å². The third kappa shape index (κ3) is 5.03. The number of hydrogen-bond donors (Lipinski definition) is 4. The number of halogens is 1. The number of fused-ring (bicyclic) bond motifs is 1. The van der Waals surface area contributed by atoms with Crippen molar-refractivity contribution in [3.63, 3.8) is 0 Å². The van der Waals surface area contributed by atoms with Gasteiger partial charge in [0.1, 0.15) is 17.3 Å². The Morgan fingerprint density at radius 2 is 2.06 bits per heavy atom. The molecule has 2 aromatic heterocycles. The molecule has 1 aliphatic heterocycles. The number of para-hydroxylation sites is 1. The number of phenols is 1. The highest BCUT2D eigenvalue weighted by Crippen LogP contribution is 2.31. The van der Waals surface area contributed by atoms with E-state index in [1.165, 1.54) is 18.2 Å². The summed E-state index contributed by atoms with van der Waals surface area (Å²) in [5.74, 6) is 5.64. The highest BCUT2D eigenvalue weighted by Gasteiger charge is 2.24. The zero-order valence-corrected chi connectivity index (χ0v) is 19.2. The highest BCUT2D eigenvalue weighted by molar-refractivity contribution is 5.93. The minimum absolute atomic E-state index is 0.121. The van der Waals surface area contributed by atoms with Crippen molar-refractivity contribution >= 4 is 16.8 Å². The maximum absolute atomic E-state index is 14.1. The number of carbonyl (C=O) groups is 1. The molecule has 1 amide bonds. The van der Waals surface area contributed by atoms with Crippen LogP contribution in [0.15, 0.2) is 60.7 Å². The van der Waals surface area contributed by atoms with E-state index in [4.69, 9.17) is 0 Å². The number of phenolic OH excluding ortho intramolecular Hbond substituents is 1. The van der Waals surface area contributed by atoms with E-state index in [0.717, 1.165) is 30.4 Å². The van der Waals surface area contributed by atoms with Crippen LogP contribution in [-0.4, -0.2) is 34.1 Å². The molecule has 7 heteroatoms. The monoisotopic (exact) mass is 468 g/mol. The van der Waals surface area contributed by atoms with Gasteiger partial charge >= 0.3 is 0 Å². The fraction of sp³-hybridized carbons (Fsp3) is 0.214. The van der Waals surface area contributed by atoms with Crippen molar-refractivity contribution in [2.75, 3.05) is 13.1 Å². The number of benzene rings is 2. The molecule has 1 aliphatic rings. The standard InChI is InChI=1S/C28H25FN4O2/c1-17-12-19(7-6-18-10-11-30-16-18)13-25(31-17)28(35)33-27(22-15-21(29)8-9-26(22)34)24-14-20-4-2-3-5-23(20)32-24/h2-5,8-9,12-15,18,27,30,32,34H,10-11,16H2,1H3,(H,33,35). The number of H-pyrrole nitrogens is 1. The number of rotatable bonds is 4. The second-order valence-corrected chi connectivity index (χ2v) is 8.76. The first-order chi connectivity index (χ1) is 17.0. The third-order valence-electron chi connectivity index (χ3n) is 6.10. The Balaban J connectivity index is 1.49. The molecule has 0 saturated carbocycles. The first-order valence-corrected chi connectivity index (χ1v) is 11.5. The van der Waals surface area contributed by atoms with Crippen LogP contribution < -0.4 is 10.6 Å². The van der Waals surface area contributed by atoms with Gasteiger partial charge in [-0.1, -0.05) is 30.0 Å². The van der Waals surface area contributed by atoms with Gasteiger partial charge in [-0.3, -0.25) is 4.79 Å². The number of carbonyl (C=O) groups excluding carboxylic acids is 1. The van der Waals surface area contributed by atoms with Crippen LogP contribution in [0, 0.1) is 30.5 Å². The molecule has 4 N–H and O–H groups in total. The summed E-state index contributed by atoms with van der Waals surface area (Å²) < 4.78 is 14.1. The van der Waals surface area contributed by atoms with Gasteiger partial charge in [-0.15, -0.1) is 0 Å². The molecule has 4 aromatic rings. The predicted molar refractivity (Wildman–Crippen MR) is 133 cm³/mol. The molecule has 2 atom stereocenters. The third-order valence-corrected chi connectivity index (χ3v) is 6.10. The molecular formula is C28H25FN4O2. The molecule has 6 nitrogen and oxygen atoms in total. The minimum Gasteiger partial charge on any atom is -0.508 e. The van der Waals surface area contributed by atoms with Crippen LogP contribution in [-0.2, 0) is 0 Å².